The molecule has 7 nitrogen and oxygen atoms in total. The summed E-state index contributed by atoms with van der Waals surface area (Å²) in [5.74, 6) is 0.194. The number of piperidine rings is 1. The molecule has 3 heterocycles. The first-order valence-electron chi connectivity index (χ1n) is 10.4. The lowest BCUT2D eigenvalue weighted by molar-refractivity contribution is 0.0773. The molecule has 10 heteroatoms. The van der Waals surface area contributed by atoms with Crippen LogP contribution in [0.25, 0.3) is 11.3 Å². The van der Waals surface area contributed by atoms with Gasteiger partial charge in [-0.15, -0.1) is 0 Å². The highest BCUT2D eigenvalue weighted by Crippen LogP contribution is 2.50. The summed E-state index contributed by atoms with van der Waals surface area (Å²) in [6, 6.07) is 7.94. The average molecular weight is 488 g/mol. The summed E-state index contributed by atoms with van der Waals surface area (Å²) < 4.78 is 15.7. The van der Waals surface area contributed by atoms with Crippen LogP contribution in [-0.4, -0.2) is 51.5 Å². The minimum Gasteiger partial charge on any atom is -0.342 e. The van der Waals surface area contributed by atoms with Gasteiger partial charge in [-0.1, -0.05) is 29.3 Å². The van der Waals surface area contributed by atoms with Crippen molar-refractivity contribution in [1.29, 1.82) is 0 Å². The molecule has 1 amide bonds. The maximum absolute atomic E-state index is 14.2. The molecule has 3 aromatic rings. The number of hydrogen-bond acceptors (Lipinski definition) is 5. The van der Waals surface area contributed by atoms with Gasteiger partial charge in [-0.05, 0) is 18.2 Å². The Morgan fingerprint density at radius 1 is 1.18 bits per heavy atom. The second kappa shape index (κ2) is 8.11. The summed E-state index contributed by atoms with van der Waals surface area (Å²) in [5.41, 5.74) is 0.523. The van der Waals surface area contributed by atoms with Crippen molar-refractivity contribution in [3.63, 3.8) is 0 Å². The quantitative estimate of drug-likeness (QED) is 0.563. The highest BCUT2D eigenvalue weighted by atomic mass is 35.5. The van der Waals surface area contributed by atoms with E-state index in [0.29, 0.717) is 34.6 Å². The number of rotatable bonds is 4. The second-order valence-electron chi connectivity index (χ2n) is 8.43. The van der Waals surface area contributed by atoms with Crippen LogP contribution in [0.5, 0.6) is 0 Å². The van der Waals surface area contributed by atoms with Crippen molar-refractivity contribution >= 4 is 35.1 Å². The molecule has 1 aromatic carbocycles. The molecule has 1 saturated carbocycles. The Bertz CT molecular complexity index is 1300. The summed E-state index contributed by atoms with van der Waals surface area (Å²) in [6.07, 6.45) is 2.56. The molecule has 1 saturated heterocycles. The Labute approximate surface area is 199 Å². The number of fused-ring (bicyclic) bond motifs is 1. The maximum Gasteiger partial charge on any atom is 0.256 e. The molecule has 170 valence electrons. The molecule has 2 aliphatic rings. The molecular formula is C23H20Cl2FN5O2. The molecule has 5 rings (SSSR count). The van der Waals surface area contributed by atoms with E-state index in [2.05, 4.69) is 9.97 Å². The van der Waals surface area contributed by atoms with Crippen LogP contribution in [0.3, 0.4) is 0 Å². The number of carbonyl (C=O) groups is 1. The zero-order chi connectivity index (χ0) is 23.4. The fraction of sp³-hybridized carbons (Fsp3) is 0.304. The van der Waals surface area contributed by atoms with Gasteiger partial charge in [0.1, 0.15) is 0 Å². The number of pyridine rings is 1. The molecule has 0 N–H and O–H groups in total. The third kappa shape index (κ3) is 3.67. The molecule has 1 aliphatic heterocycles. The highest BCUT2D eigenvalue weighted by Gasteiger charge is 2.59. The maximum atomic E-state index is 14.2. The molecule has 33 heavy (non-hydrogen) atoms. The number of amides is 1. The molecule has 0 spiro atoms. The normalized spacial score (nSPS) is 21.1. The zero-order valence-corrected chi connectivity index (χ0v) is 19.4. The molecule has 0 radical (unpaired) electrons. The van der Waals surface area contributed by atoms with Crippen LogP contribution in [0.1, 0.15) is 10.4 Å². The van der Waals surface area contributed by atoms with Crippen molar-refractivity contribution in [2.75, 3.05) is 25.0 Å². The van der Waals surface area contributed by atoms with E-state index in [1.54, 1.807) is 30.1 Å². The predicted molar refractivity (Wildman–Crippen MR) is 124 cm³/mol. The number of likely N-dealkylation sites (tertiary alicyclic amines) is 1. The number of benzene rings is 1. The Hall–Kier alpha value is -2.97. The number of hydrogen-bond donors (Lipinski definition) is 0. The third-order valence-corrected chi connectivity index (χ3v) is 7.16. The summed E-state index contributed by atoms with van der Waals surface area (Å²) >= 11 is 12.4. The number of aromatic nitrogens is 3. The molecular weight excluding hydrogens is 468 g/mol. The number of carbonyl (C=O) groups excluding carboxylic acids is 1. The largest absolute Gasteiger partial charge is 0.342 e. The van der Waals surface area contributed by atoms with Crippen LogP contribution in [0, 0.1) is 17.7 Å². The van der Waals surface area contributed by atoms with Gasteiger partial charge in [-0.3, -0.25) is 19.1 Å². The van der Waals surface area contributed by atoms with Crippen molar-refractivity contribution in [3.8, 4) is 11.3 Å². The van der Waals surface area contributed by atoms with Crippen molar-refractivity contribution in [2.24, 2.45) is 18.9 Å². The minimum absolute atomic E-state index is 0.117. The third-order valence-electron chi connectivity index (χ3n) is 6.53. The summed E-state index contributed by atoms with van der Waals surface area (Å²) in [5, 5.41) is 0.669. The Kier molecular flexibility index (Phi) is 5.37. The lowest BCUT2D eigenvalue weighted by Crippen LogP contribution is -2.38. The van der Waals surface area contributed by atoms with Crippen LogP contribution in [0.2, 0.25) is 10.0 Å². The van der Waals surface area contributed by atoms with E-state index in [1.165, 1.54) is 22.9 Å². The first-order chi connectivity index (χ1) is 15.8. The van der Waals surface area contributed by atoms with Gasteiger partial charge < -0.3 is 9.80 Å². The number of anilines is 1. The Balaban J connectivity index is 1.36. The lowest BCUT2D eigenvalue weighted by Gasteiger charge is -2.26. The Morgan fingerprint density at radius 2 is 1.85 bits per heavy atom. The minimum atomic E-state index is -0.539. The zero-order valence-electron chi connectivity index (χ0n) is 17.9. The summed E-state index contributed by atoms with van der Waals surface area (Å²) in [4.78, 5) is 37.6. The molecule has 3 atom stereocenters. The van der Waals surface area contributed by atoms with Crippen LogP contribution in [0.15, 0.2) is 47.5 Å². The standard InChI is InChI=1S/C23H20Cl2FN5O2/c1-29-19(32)8-18(12-6-7-27-9-17(12)26)28-23(29)30(2)21-13-10-31(11-14(13)21)22(33)20-15(24)4-3-5-16(20)25/h3-9,13-14,21H,10-11H2,1-2H3/t13-,14+,21?. The monoisotopic (exact) mass is 487 g/mol. The van der Waals surface area contributed by atoms with Crippen LogP contribution in [0.4, 0.5) is 10.3 Å². The molecule has 2 fully saturated rings. The van der Waals surface area contributed by atoms with E-state index in [1.807, 2.05) is 11.9 Å². The molecule has 1 unspecified atom stereocenters. The SMILES string of the molecule is CN(c1nc(-c2ccncc2F)cc(=O)n1C)C1[C@H]2CN(C(=O)c3c(Cl)cccc3Cl)C[C@@H]12. The lowest BCUT2D eigenvalue weighted by atomic mass is 10.2. The van der Waals surface area contributed by atoms with E-state index >= 15 is 0 Å². The first kappa shape index (κ1) is 21.9. The van der Waals surface area contributed by atoms with E-state index in [9.17, 15) is 14.0 Å². The summed E-state index contributed by atoms with van der Waals surface area (Å²) in [6.45, 7) is 1.12. The van der Waals surface area contributed by atoms with Gasteiger partial charge in [0.05, 0.1) is 27.5 Å². The second-order valence-corrected chi connectivity index (χ2v) is 9.24. The fourth-order valence-corrected chi connectivity index (χ4v) is 5.35. The molecule has 2 aromatic heterocycles. The van der Waals surface area contributed by atoms with Crippen molar-refractivity contribution in [1.82, 2.24) is 19.4 Å². The van der Waals surface area contributed by atoms with Gasteiger partial charge in [0, 0.05) is 62.9 Å². The fourth-order valence-electron chi connectivity index (χ4n) is 4.79. The highest BCUT2D eigenvalue weighted by molar-refractivity contribution is 6.39. The van der Waals surface area contributed by atoms with Crippen LogP contribution < -0.4 is 10.5 Å². The van der Waals surface area contributed by atoms with Gasteiger partial charge >= 0.3 is 0 Å². The van der Waals surface area contributed by atoms with Crippen molar-refractivity contribution in [3.05, 3.63) is 74.5 Å². The van der Waals surface area contributed by atoms with E-state index in [-0.39, 0.29) is 40.6 Å². The van der Waals surface area contributed by atoms with E-state index in [4.69, 9.17) is 23.2 Å². The van der Waals surface area contributed by atoms with E-state index < -0.39 is 5.82 Å². The van der Waals surface area contributed by atoms with Crippen LogP contribution in [-0.2, 0) is 7.05 Å². The van der Waals surface area contributed by atoms with Gasteiger partial charge in [0.15, 0.2) is 5.82 Å². The van der Waals surface area contributed by atoms with Crippen molar-refractivity contribution < 1.29 is 9.18 Å². The van der Waals surface area contributed by atoms with Gasteiger partial charge in [-0.2, -0.15) is 0 Å². The smallest absolute Gasteiger partial charge is 0.256 e. The van der Waals surface area contributed by atoms with E-state index in [0.717, 1.165) is 6.20 Å². The van der Waals surface area contributed by atoms with Gasteiger partial charge in [-0.25, -0.2) is 9.37 Å². The van der Waals surface area contributed by atoms with Gasteiger partial charge in [0.25, 0.3) is 11.5 Å². The predicted octanol–water partition coefficient (Wildman–Crippen LogP) is 3.50. The molecule has 0 bridgehead atoms. The first-order valence-corrected chi connectivity index (χ1v) is 11.2. The van der Waals surface area contributed by atoms with Crippen LogP contribution >= 0.6 is 23.2 Å². The molecule has 1 aliphatic carbocycles. The van der Waals surface area contributed by atoms with Gasteiger partial charge in [0.2, 0.25) is 5.95 Å². The Morgan fingerprint density at radius 3 is 2.48 bits per heavy atom. The topological polar surface area (TPSA) is 71.3 Å². The number of halogens is 3. The average Bonchev–Trinajstić information content (AvgIpc) is 3.28. The number of nitrogens with zero attached hydrogens (tertiary/aromatic N) is 5. The summed E-state index contributed by atoms with van der Waals surface area (Å²) in [7, 11) is 3.51. The van der Waals surface area contributed by atoms with Crippen molar-refractivity contribution in [2.45, 2.75) is 6.04 Å².